The van der Waals surface area contributed by atoms with Crippen molar-refractivity contribution in [3.63, 3.8) is 0 Å². The van der Waals surface area contributed by atoms with Crippen LogP contribution >= 0.6 is 63.7 Å². The zero-order chi connectivity index (χ0) is 25.1. The maximum Gasteiger partial charge on any atom is 0.148 e. The second-order valence-corrected chi connectivity index (χ2v) is 12.5. The van der Waals surface area contributed by atoms with Crippen LogP contribution in [-0.4, -0.2) is 35.6 Å². The van der Waals surface area contributed by atoms with Gasteiger partial charge in [-0.2, -0.15) is 0 Å². The van der Waals surface area contributed by atoms with E-state index in [1.807, 2.05) is 27.7 Å². The van der Waals surface area contributed by atoms with Gasteiger partial charge in [0, 0.05) is 30.5 Å². The Kier molecular flexibility index (Phi) is 10.8. The lowest BCUT2D eigenvalue weighted by atomic mass is 9.78. The molecule has 4 atom stereocenters. The average Bonchev–Trinajstić information content (AvgIpc) is 2.76. The number of aliphatic hydroxyl groups excluding tert-OH is 2. The standard InChI is InChI=1S/C25H32Br4O4/c1-13(11-30)15(3)32-23-19(26)7-17(8-20(23)27)25(5,6)18-9-21(28)24(22(29)10-18)33-16(4)14(2)12-31/h7-10,13-16,30-31H,11-12H2,1-6H3. The summed E-state index contributed by atoms with van der Waals surface area (Å²) in [6.45, 7) is 12.3. The van der Waals surface area contributed by atoms with E-state index < -0.39 is 0 Å². The van der Waals surface area contributed by atoms with E-state index in [-0.39, 0.29) is 42.7 Å². The van der Waals surface area contributed by atoms with E-state index in [2.05, 4.69) is 102 Å². The summed E-state index contributed by atoms with van der Waals surface area (Å²) in [7, 11) is 0. The van der Waals surface area contributed by atoms with Crippen molar-refractivity contribution < 1.29 is 19.7 Å². The largest absolute Gasteiger partial charge is 0.488 e. The van der Waals surface area contributed by atoms with Gasteiger partial charge in [-0.3, -0.25) is 0 Å². The highest BCUT2D eigenvalue weighted by molar-refractivity contribution is 9.11. The monoisotopic (exact) mass is 712 g/mol. The van der Waals surface area contributed by atoms with E-state index in [9.17, 15) is 10.2 Å². The molecule has 0 aliphatic rings. The summed E-state index contributed by atoms with van der Waals surface area (Å²) < 4.78 is 15.6. The fourth-order valence-electron chi connectivity index (χ4n) is 3.13. The maximum absolute atomic E-state index is 9.42. The van der Waals surface area contributed by atoms with E-state index in [4.69, 9.17) is 9.47 Å². The summed E-state index contributed by atoms with van der Waals surface area (Å²) in [5.41, 5.74) is 1.89. The summed E-state index contributed by atoms with van der Waals surface area (Å²) in [6.07, 6.45) is -0.256. The number of hydrogen-bond donors (Lipinski definition) is 2. The number of halogens is 4. The van der Waals surface area contributed by atoms with Crippen molar-refractivity contribution in [2.45, 2.75) is 59.2 Å². The van der Waals surface area contributed by atoms with Crippen LogP contribution in [0.5, 0.6) is 11.5 Å². The second-order valence-electron chi connectivity index (χ2n) is 9.13. The molecule has 0 amide bonds. The van der Waals surface area contributed by atoms with E-state index >= 15 is 0 Å². The molecule has 4 nitrogen and oxygen atoms in total. The van der Waals surface area contributed by atoms with Crippen LogP contribution in [0.1, 0.15) is 52.7 Å². The molecule has 0 aromatic heterocycles. The number of hydrogen-bond acceptors (Lipinski definition) is 4. The minimum atomic E-state index is -0.318. The number of rotatable bonds is 10. The van der Waals surface area contributed by atoms with Crippen molar-refractivity contribution in [2.75, 3.05) is 13.2 Å². The molecule has 2 N–H and O–H groups in total. The first-order valence-electron chi connectivity index (χ1n) is 10.9. The van der Waals surface area contributed by atoms with Gasteiger partial charge in [-0.05, 0) is 113 Å². The Balaban J connectivity index is 2.39. The third-order valence-electron chi connectivity index (χ3n) is 6.23. The molecular formula is C25H32Br4O4. The highest BCUT2D eigenvalue weighted by Crippen LogP contribution is 2.44. The van der Waals surface area contributed by atoms with Crippen molar-refractivity contribution >= 4 is 63.7 Å². The van der Waals surface area contributed by atoms with Gasteiger partial charge < -0.3 is 19.7 Å². The van der Waals surface area contributed by atoms with Crippen LogP contribution < -0.4 is 9.47 Å². The number of aliphatic hydroxyl groups is 2. The zero-order valence-corrected chi connectivity index (χ0v) is 26.1. The Morgan fingerprint density at radius 2 is 0.939 bits per heavy atom. The normalized spacial score (nSPS) is 15.6. The van der Waals surface area contributed by atoms with E-state index in [0.29, 0.717) is 0 Å². The molecular weight excluding hydrogens is 684 g/mol. The molecule has 0 heterocycles. The summed E-state index contributed by atoms with van der Waals surface area (Å²) in [5, 5.41) is 18.8. The fraction of sp³-hybridized carbons (Fsp3) is 0.520. The number of benzene rings is 2. The molecule has 184 valence electrons. The van der Waals surface area contributed by atoms with Gasteiger partial charge in [-0.1, -0.05) is 27.7 Å². The average molecular weight is 716 g/mol. The van der Waals surface area contributed by atoms with Crippen LogP contribution in [0.25, 0.3) is 0 Å². The number of ether oxygens (including phenoxy) is 2. The third-order valence-corrected chi connectivity index (χ3v) is 8.58. The second kappa shape index (κ2) is 12.2. The van der Waals surface area contributed by atoms with Crippen LogP contribution in [-0.2, 0) is 5.41 Å². The van der Waals surface area contributed by atoms with Gasteiger partial charge in [-0.25, -0.2) is 0 Å². The molecule has 0 aliphatic heterocycles. The van der Waals surface area contributed by atoms with E-state index in [1.54, 1.807) is 0 Å². The molecule has 0 aliphatic carbocycles. The quantitative estimate of drug-likeness (QED) is 0.263. The highest BCUT2D eigenvalue weighted by atomic mass is 79.9. The first kappa shape index (κ1) is 29.1. The lowest BCUT2D eigenvalue weighted by molar-refractivity contribution is 0.108. The highest BCUT2D eigenvalue weighted by Gasteiger charge is 2.28. The van der Waals surface area contributed by atoms with Gasteiger partial charge in [-0.15, -0.1) is 0 Å². The molecule has 2 rings (SSSR count). The molecule has 0 radical (unpaired) electrons. The van der Waals surface area contributed by atoms with Gasteiger partial charge in [0.05, 0.1) is 17.9 Å². The van der Waals surface area contributed by atoms with Crippen LogP contribution in [0.4, 0.5) is 0 Å². The Morgan fingerprint density at radius 3 is 1.18 bits per heavy atom. The van der Waals surface area contributed by atoms with E-state index in [1.165, 1.54) is 0 Å². The Hall–Kier alpha value is -0.120. The Morgan fingerprint density at radius 1 is 0.667 bits per heavy atom. The smallest absolute Gasteiger partial charge is 0.148 e. The molecule has 4 unspecified atom stereocenters. The zero-order valence-electron chi connectivity index (χ0n) is 19.8. The van der Waals surface area contributed by atoms with Crippen LogP contribution in [0, 0.1) is 11.8 Å². The fourth-order valence-corrected chi connectivity index (χ4v) is 5.88. The lowest BCUT2D eigenvalue weighted by Gasteiger charge is -2.29. The van der Waals surface area contributed by atoms with Gasteiger partial charge in [0.2, 0.25) is 0 Å². The van der Waals surface area contributed by atoms with Crippen molar-refractivity contribution in [1.82, 2.24) is 0 Å². The summed E-state index contributed by atoms with van der Waals surface area (Å²) in [5.74, 6) is 1.50. The molecule has 0 fully saturated rings. The molecule has 33 heavy (non-hydrogen) atoms. The van der Waals surface area contributed by atoms with Crippen LogP contribution in [0.2, 0.25) is 0 Å². The van der Waals surface area contributed by atoms with Crippen molar-refractivity contribution in [3.8, 4) is 11.5 Å². The van der Waals surface area contributed by atoms with E-state index in [0.717, 1.165) is 40.5 Å². The summed E-state index contributed by atoms with van der Waals surface area (Å²) in [6, 6.07) is 8.31. The molecule has 2 aromatic carbocycles. The van der Waals surface area contributed by atoms with Gasteiger partial charge >= 0.3 is 0 Å². The van der Waals surface area contributed by atoms with Gasteiger partial charge in [0.25, 0.3) is 0 Å². The van der Waals surface area contributed by atoms with Crippen molar-refractivity contribution in [2.24, 2.45) is 11.8 Å². The van der Waals surface area contributed by atoms with Crippen molar-refractivity contribution in [1.29, 1.82) is 0 Å². The first-order chi connectivity index (χ1) is 15.3. The Bertz CT molecular complexity index is 842. The molecule has 0 saturated heterocycles. The molecule has 8 heteroatoms. The molecule has 0 spiro atoms. The first-order valence-corrected chi connectivity index (χ1v) is 14.0. The summed E-state index contributed by atoms with van der Waals surface area (Å²) >= 11 is 14.7. The Labute approximate surface area is 231 Å². The predicted molar refractivity (Wildman–Crippen MR) is 148 cm³/mol. The SMILES string of the molecule is CC(CO)C(C)Oc1c(Br)cc(C(C)(C)c2cc(Br)c(OC(C)C(C)CO)c(Br)c2)cc1Br. The van der Waals surface area contributed by atoms with Crippen LogP contribution in [0.3, 0.4) is 0 Å². The molecule has 2 aromatic rings. The maximum atomic E-state index is 9.42. The van der Waals surface area contributed by atoms with Gasteiger partial charge in [0.15, 0.2) is 0 Å². The lowest BCUT2D eigenvalue weighted by Crippen LogP contribution is -2.25. The molecule has 0 saturated carbocycles. The molecule has 0 bridgehead atoms. The summed E-state index contributed by atoms with van der Waals surface area (Å²) in [4.78, 5) is 0. The third kappa shape index (κ3) is 6.98. The predicted octanol–water partition coefficient (Wildman–Crippen LogP) is 7.85. The topological polar surface area (TPSA) is 58.9 Å². The van der Waals surface area contributed by atoms with Gasteiger partial charge in [0.1, 0.15) is 23.7 Å². The minimum absolute atomic E-state index is 0.0263. The van der Waals surface area contributed by atoms with Crippen molar-refractivity contribution in [3.05, 3.63) is 53.3 Å². The van der Waals surface area contributed by atoms with Crippen LogP contribution in [0.15, 0.2) is 42.2 Å². The minimum Gasteiger partial charge on any atom is -0.488 e.